The number of aliphatic imine (C=N–C) groups is 1. The minimum absolute atomic E-state index is 0. The van der Waals surface area contributed by atoms with Crippen molar-refractivity contribution in [1.82, 2.24) is 10.6 Å². The molecule has 0 saturated heterocycles. The molecular weight excluding hydrogens is 457 g/mol. The zero-order chi connectivity index (χ0) is 18.6. The van der Waals surface area contributed by atoms with Crippen LogP contribution in [0.2, 0.25) is 0 Å². The largest absolute Gasteiger partial charge is 0.497 e. The molecule has 0 aliphatic heterocycles. The van der Waals surface area contributed by atoms with Gasteiger partial charge in [0.15, 0.2) is 5.96 Å². The fraction of sp³-hybridized carbons (Fsp3) is 0.350. The van der Waals surface area contributed by atoms with Gasteiger partial charge in [-0.3, -0.25) is 4.99 Å². The van der Waals surface area contributed by atoms with Crippen molar-refractivity contribution in [2.24, 2.45) is 4.99 Å². The summed E-state index contributed by atoms with van der Waals surface area (Å²) in [4.78, 5) is 4.44. The Morgan fingerprint density at radius 2 is 1.81 bits per heavy atom. The molecule has 2 aromatic carbocycles. The van der Waals surface area contributed by atoms with Crippen molar-refractivity contribution in [3.8, 4) is 11.5 Å². The number of rotatable bonds is 9. The van der Waals surface area contributed by atoms with E-state index in [2.05, 4.69) is 15.6 Å². The van der Waals surface area contributed by atoms with Crippen LogP contribution >= 0.6 is 24.0 Å². The molecule has 7 heteroatoms. The minimum Gasteiger partial charge on any atom is -0.497 e. The molecular formula is C20H28IN3O3. The Bertz CT molecular complexity index is 683. The van der Waals surface area contributed by atoms with Gasteiger partial charge in [-0.2, -0.15) is 0 Å². The number of ether oxygens (including phenoxy) is 2. The third-order valence-corrected chi connectivity index (χ3v) is 3.65. The van der Waals surface area contributed by atoms with Crippen LogP contribution in [0.5, 0.6) is 11.5 Å². The zero-order valence-corrected chi connectivity index (χ0v) is 18.1. The summed E-state index contributed by atoms with van der Waals surface area (Å²) < 4.78 is 10.8. The highest BCUT2D eigenvalue weighted by molar-refractivity contribution is 14.0. The van der Waals surface area contributed by atoms with E-state index in [1.807, 2.05) is 61.5 Å². The summed E-state index contributed by atoms with van der Waals surface area (Å²) in [5.74, 6) is 2.20. The Hall–Kier alpha value is -2.00. The molecule has 27 heavy (non-hydrogen) atoms. The molecule has 0 aromatic heterocycles. The molecule has 0 heterocycles. The highest BCUT2D eigenvalue weighted by atomic mass is 127. The summed E-state index contributed by atoms with van der Waals surface area (Å²) in [5.41, 5.74) is 0.774. The molecule has 2 rings (SSSR count). The van der Waals surface area contributed by atoms with Gasteiger partial charge in [0.05, 0.1) is 26.3 Å². The van der Waals surface area contributed by atoms with Gasteiger partial charge in [0.2, 0.25) is 0 Å². The quantitative estimate of drug-likeness (QED) is 0.221. The Morgan fingerprint density at radius 3 is 2.52 bits per heavy atom. The number of halogens is 1. The van der Waals surface area contributed by atoms with Gasteiger partial charge in [-0.25, -0.2) is 0 Å². The fourth-order valence-corrected chi connectivity index (χ4v) is 2.33. The molecule has 3 N–H and O–H groups in total. The number of benzene rings is 2. The minimum atomic E-state index is -0.693. The fourth-order valence-electron chi connectivity index (χ4n) is 2.33. The average molecular weight is 485 g/mol. The lowest BCUT2D eigenvalue weighted by atomic mass is 10.1. The molecule has 0 saturated carbocycles. The van der Waals surface area contributed by atoms with Crippen LogP contribution in [-0.2, 0) is 0 Å². The highest BCUT2D eigenvalue weighted by Crippen LogP contribution is 2.19. The number of nitrogens with one attached hydrogen (secondary N) is 2. The number of methoxy groups -OCH3 is 1. The first-order chi connectivity index (χ1) is 12.7. The molecule has 0 aliphatic rings. The second-order valence-corrected chi connectivity index (χ2v) is 5.60. The van der Waals surface area contributed by atoms with Crippen molar-refractivity contribution < 1.29 is 14.6 Å². The normalized spacial score (nSPS) is 11.9. The van der Waals surface area contributed by atoms with Crippen molar-refractivity contribution in [3.05, 3.63) is 60.2 Å². The van der Waals surface area contributed by atoms with Crippen molar-refractivity contribution >= 4 is 29.9 Å². The second-order valence-electron chi connectivity index (χ2n) is 5.60. The Balaban J connectivity index is 0.00000364. The number of hydrogen-bond acceptors (Lipinski definition) is 4. The molecule has 1 atom stereocenters. The molecule has 6 nitrogen and oxygen atoms in total. The SMILES string of the molecule is CCNC(=NCC(O)c1cccc(OC)c1)NCCOc1ccccc1.I. The van der Waals surface area contributed by atoms with Gasteiger partial charge >= 0.3 is 0 Å². The van der Waals surface area contributed by atoms with E-state index in [1.54, 1.807) is 7.11 Å². The lowest BCUT2D eigenvalue weighted by Crippen LogP contribution is -2.39. The first kappa shape index (κ1) is 23.0. The zero-order valence-electron chi connectivity index (χ0n) is 15.7. The maximum absolute atomic E-state index is 10.3. The van der Waals surface area contributed by atoms with E-state index in [1.165, 1.54) is 0 Å². The van der Waals surface area contributed by atoms with Crippen LogP contribution in [0.25, 0.3) is 0 Å². The molecule has 0 radical (unpaired) electrons. The third kappa shape index (κ3) is 8.49. The van der Waals surface area contributed by atoms with Crippen LogP contribution < -0.4 is 20.1 Å². The topological polar surface area (TPSA) is 75.1 Å². The molecule has 0 fully saturated rings. The molecule has 2 aromatic rings. The van der Waals surface area contributed by atoms with Crippen molar-refractivity contribution in [2.45, 2.75) is 13.0 Å². The second kappa shape index (κ2) is 13.2. The van der Waals surface area contributed by atoms with Crippen LogP contribution in [0.1, 0.15) is 18.6 Å². The maximum atomic E-state index is 10.3. The standard InChI is InChI=1S/C20H27N3O3.HI/c1-3-21-20(22-12-13-26-17-9-5-4-6-10-17)23-15-19(24)16-8-7-11-18(14-16)25-2;/h4-11,14,19,24H,3,12-13,15H2,1-2H3,(H2,21,22,23);1H. The number of nitrogens with zero attached hydrogens (tertiary/aromatic N) is 1. The molecule has 0 bridgehead atoms. The monoisotopic (exact) mass is 485 g/mol. The Kier molecular flexibility index (Phi) is 11.3. The van der Waals surface area contributed by atoms with E-state index in [-0.39, 0.29) is 30.5 Å². The number of aliphatic hydroxyl groups is 1. The maximum Gasteiger partial charge on any atom is 0.191 e. The van der Waals surface area contributed by atoms with Crippen molar-refractivity contribution in [2.75, 3.05) is 33.4 Å². The Labute approximate surface area is 178 Å². The molecule has 0 aliphatic carbocycles. The molecule has 1 unspecified atom stereocenters. The predicted molar refractivity (Wildman–Crippen MR) is 119 cm³/mol. The first-order valence-corrected chi connectivity index (χ1v) is 8.75. The summed E-state index contributed by atoms with van der Waals surface area (Å²) in [6.45, 7) is 4.11. The van der Waals surface area contributed by atoms with Crippen molar-refractivity contribution in [1.29, 1.82) is 0 Å². The number of hydrogen-bond donors (Lipinski definition) is 3. The van der Waals surface area contributed by atoms with Crippen LogP contribution in [-0.4, -0.2) is 44.4 Å². The van der Waals surface area contributed by atoms with Crippen LogP contribution in [0.4, 0.5) is 0 Å². The molecule has 148 valence electrons. The van der Waals surface area contributed by atoms with Gasteiger partial charge in [0.1, 0.15) is 18.1 Å². The summed E-state index contributed by atoms with van der Waals surface area (Å²) in [6, 6.07) is 17.0. The first-order valence-electron chi connectivity index (χ1n) is 8.75. The summed E-state index contributed by atoms with van der Waals surface area (Å²) >= 11 is 0. The summed E-state index contributed by atoms with van der Waals surface area (Å²) in [6.07, 6.45) is -0.693. The number of guanidine groups is 1. The summed E-state index contributed by atoms with van der Waals surface area (Å²) in [5, 5.41) is 16.7. The predicted octanol–water partition coefficient (Wildman–Crippen LogP) is 2.98. The van der Waals surface area contributed by atoms with E-state index in [0.29, 0.717) is 24.9 Å². The van der Waals surface area contributed by atoms with Gasteiger partial charge < -0.3 is 25.2 Å². The lowest BCUT2D eigenvalue weighted by molar-refractivity contribution is 0.186. The summed E-state index contributed by atoms with van der Waals surface area (Å²) in [7, 11) is 1.61. The van der Waals surface area contributed by atoms with Crippen LogP contribution in [0, 0.1) is 0 Å². The highest BCUT2D eigenvalue weighted by Gasteiger charge is 2.08. The smallest absolute Gasteiger partial charge is 0.191 e. The van der Waals surface area contributed by atoms with E-state index in [4.69, 9.17) is 9.47 Å². The lowest BCUT2D eigenvalue weighted by Gasteiger charge is -2.14. The molecule has 0 amide bonds. The Morgan fingerprint density at radius 1 is 1.07 bits per heavy atom. The van der Waals surface area contributed by atoms with Crippen LogP contribution in [0.3, 0.4) is 0 Å². The van der Waals surface area contributed by atoms with Crippen molar-refractivity contribution in [3.63, 3.8) is 0 Å². The van der Waals surface area contributed by atoms with Gasteiger partial charge in [-0.15, -0.1) is 24.0 Å². The van der Waals surface area contributed by atoms with Gasteiger partial charge in [-0.05, 0) is 36.8 Å². The van der Waals surface area contributed by atoms with Gasteiger partial charge in [0.25, 0.3) is 0 Å². The number of aliphatic hydroxyl groups excluding tert-OH is 1. The number of para-hydroxylation sites is 1. The van der Waals surface area contributed by atoms with Gasteiger partial charge in [0, 0.05) is 6.54 Å². The third-order valence-electron chi connectivity index (χ3n) is 3.65. The van der Waals surface area contributed by atoms with E-state index in [0.717, 1.165) is 17.9 Å². The van der Waals surface area contributed by atoms with E-state index >= 15 is 0 Å². The molecule has 0 spiro atoms. The van der Waals surface area contributed by atoms with Crippen LogP contribution in [0.15, 0.2) is 59.6 Å². The van der Waals surface area contributed by atoms with Gasteiger partial charge in [-0.1, -0.05) is 30.3 Å². The van der Waals surface area contributed by atoms with E-state index < -0.39 is 6.10 Å². The average Bonchev–Trinajstić information content (AvgIpc) is 2.69. The van der Waals surface area contributed by atoms with E-state index in [9.17, 15) is 5.11 Å².